The Balaban J connectivity index is 1.03. The van der Waals surface area contributed by atoms with Crippen LogP contribution >= 0.6 is 23.1 Å². The van der Waals surface area contributed by atoms with Crippen molar-refractivity contribution < 1.29 is 0 Å². The number of rotatable bonds is 4. The van der Waals surface area contributed by atoms with E-state index in [1.54, 1.807) is 0 Å². The Morgan fingerprint density at radius 3 is 1.56 bits per heavy atom. The summed E-state index contributed by atoms with van der Waals surface area (Å²) in [6.07, 6.45) is 0. The molecule has 2 aromatic heterocycles. The molecular formula is C52H31N3S2. The van der Waals surface area contributed by atoms with E-state index in [1.807, 2.05) is 47.4 Å². The van der Waals surface area contributed by atoms with E-state index in [4.69, 9.17) is 15.0 Å². The zero-order valence-electron chi connectivity index (χ0n) is 30.6. The van der Waals surface area contributed by atoms with Crippen molar-refractivity contribution in [3.63, 3.8) is 0 Å². The van der Waals surface area contributed by atoms with Gasteiger partial charge in [-0.05, 0) is 68.8 Å². The van der Waals surface area contributed by atoms with Gasteiger partial charge in [0, 0.05) is 46.7 Å². The van der Waals surface area contributed by atoms with Crippen LogP contribution in [0, 0.1) is 0 Å². The Kier molecular flexibility index (Phi) is 7.25. The molecule has 266 valence electrons. The van der Waals surface area contributed by atoms with E-state index in [-0.39, 0.29) is 0 Å². The topological polar surface area (TPSA) is 38.7 Å². The van der Waals surface area contributed by atoms with E-state index >= 15 is 0 Å². The predicted molar refractivity (Wildman–Crippen MR) is 236 cm³/mol. The second-order valence-electron chi connectivity index (χ2n) is 14.7. The standard InChI is InChI=1S/C52H31N3S2/c1-3-13-32(14-4-1)33-23-25-35(26-24-33)50-53-49(34-15-5-2-6-16-34)54-51(55-50)36-27-30-45-40(31-36)39-28-29-44-48(47(39)56-45)57-46-22-12-11-21-43(46)52(44)41-19-9-7-17-37(41)38-18-8-10-20-42(38)52/h1-31H. The number of benzene rings is 8. The van der Waals surface area contributed by atoms with Crippen LogP contribution in [-0.2, 0) is 5.41 Å². The van der Waals surface area contributed by atoms with E-state index in [0.29, 0.717) is 17.5 Å². The van der Waals surface area contributed by atoms with Gasteiger partial charge < -0.3 is 0 Å². The molecule has 3 nitrogen and oxygen atoms in total. The summed E-state index contributed by atoms with van der Waals surface area (Å²) >= 11 is 3.80. The Labute approximate surface area is 338 Å². The highest BCUT2D eigenvalue weighted by Gasteiger charge is 2.50. The maximum Gasteiger partial charge on any atom is 0.164 e. The molecule has 3 heterocycles. The molecule has 0 bridgehead atoms. The summed E-state index contributed by atoms with van der Waals surface area (Å²) in [5.74, 6) is 1.97. The van der Waals surface area contributed by atoms with Gasteiger partial charge in [0.2, 0.25) is 0 Å². The van der Waals surface area contributed by atoms with E-state index in [1.165, 1.54) is 68.9 Å². The van der Waals surface area contributed by atoms with Crippen LogP contribution in [0.1, 0.15) is 22.3 Å². The fraction of sp³-hybridized carbons (Fsp3) is 0.0192. The average Bonchev–Trinajstić information content (AvgIpc) is 3.81. The van der Waals surface area contributed by atoms with Crippen molar-refractivity contribution in [3.05, 3.63) is 210 Å². The summed E-state index contributed by atoms with van der Waals surface area (Å²) in [4.78, 5) is 17.9. The second kappa shape index (κ2) is 12.7. The van der Waals surface area contributed by atoms with Crippen LogP contribution in [0.2, 0.25) is 0 Å². The predicted octanol–water partition coefficient (Wildman–Crippen LogP) is 13.7. The third kappa shape index (κ3) is 4.89. The number of hydrogen-bond donors (Lipinski definition) is 0. The zero-order valence-corrected chi connectivity index (χ0v) is 32.2. The Morgan fingerprint density at radius 1 is 0.368 bits per heavy atom. The molecule has 0 atom stereocenters. The average molecular weight is 762 g/mol. The molecule has 57 heavy (non-hydrogen) atoms. The van der Waals surface area contributed by atoms with E-state index in [9.17, 15) is 0 Å². The first-order chi connectivity index (χ1) is 28.2. The van der Waals surface area contributed by atoms with E-state index in [0.717, 1.165) is 22.3 Å². The lowest BCUT2D eigenvalue weighted by Crippen LogP contribution is -2.31. The Hall–Kier alpha value is -6.66. The molecule has 2 aliphatic rings. The van der Waals surface area contributed by atoms with Crippen molar-refractivity contribution in [1.82, 2.24) is 15.0 Å². The molecule has 1 aliphatic heterocycles. The summed E-state index contributed by atoms with van der Waals surface area (Å²) in [5.41, 5.74) is 12.9. The van der Waals surface area contributed by atoms with Crippen molar-refractivity contribution in [2.45, 2.75) is 15.2 Å². The Bertz CT molecular complexity index is 3160. The van der Waals surface area contributed by atoms with Gasteiger partial charge in [-0.2, -0.15) is 0 Å². The molecule has 1 spiro atoms. The highest BCUT2D eigenvalue weighted by atomic mass is 32.2. The number of hydrogen-bond acceptors (Lipinski definition) is 5. The van der Waals surface area contributed by atoms with Crippen LogP contribution in [0.5, 0.6) is 0 Å². The number of thiophene rings is 1. The Morgan fingerprint density at radius 2 is 0.877 bits per heavy atom. The van der Waals surface area contributed by atoms with Crippen LogP contribution in [0.4, 0.5) is 0 Å². The van der Waals surface area contributed by atoms with Crippen LogP contribution in [0.15, 0.2) is 198 Å². The number of nitrogens with zero attached hydrogens (tertiary/aromatic N) is 3. The highest BCUT2D eigenvalue weighted by molar-refractivity contribution is 8.00. The molecule has 0 amide bonds. The maximum absolute atomic E-state index is 5.14. The fourth-order valence-corrected chi connectivity index (χ4v) is 11.7. The molecule has 5 heteroatoms. The van der Waals surface area contributed by atoms with Gasteiger partial charge in [0.15, 0.2) is 17.5 Å². The van der Waals surface area contributed by atoms with Gasteiger partial charge in [-0.25, -0.2) is 15.0 Å². The summed E-state index contributed by atoms with van der Waals surface area (Å²) in [7, 11) is 0. The van der Waals surface area contributed by atoms with Crippen molar-refractivity contribution >= 4 is 43.3 Å². The quantitative estimate of drug-likeness (QED) is 0.179. The minimum Gasteiger partial charge on any atom is -0.208 e. The van der Waals surface area contributed by atoms with Gasteiger partial charge in [-0.1, -0.05) is 176 Å². The highest BCUT2D eigenvalue weighted by Crippen LogP contribution is 2.63. The summed E-state index contributed by atoms with van der Waals surface area (Å²) in [6.45, 7) is 0. The molecule has 12 rings (SSSR count). The van der Waals surface area contributed by atoms with E-state index < -0.39 is 5.41 Å². The van der Waals surface area contributed by atoms with Crippen molar-refractivity contribution in [2.75, 3.05) is 0 Å². The second-order valence-corrected chi connectivity index (χ2v) is 16.8. The first kappa shape index (κ1) is 32.6. The number of aromatic nitrogens is 3. The smallest absolute Gasteiger partial charge is 0.164 e. The summed E-state index contributed by atoms with van der Waals surface area (Å²) in [6, 6.07) is 67.7. The van der Waals surface area contributed by atoms with Gasteiger partial charge in [0.05, 0.1) is 5.41 Å². The molecule has 0 saturated heterocycles. The maximum atomic E-state index is 5.14. The lowest BCUT2D eigenvalue weighted by molar-refractivity contribution is 0.726. The van der Waals surface area contributed by atoms with Crippen molar-refractivity contribution in [2.24, 2.45) is 0 Å². The fourth-order valence-electron chi connectivity index (χ4n) is 9.08. The van der Waals surface area contributed by atoms with Gasteiger partial charge in [-0.15, -0.1) is 11.3 Å². The first-order valence-electron chi connectivity index (χ1n) is 19.2. The summed E-state index contributed by atoms with van der Waals surface area (Å²) in [5, 5.41) is 2.47. The van der Waals surface area contributed by atoms with Gasteiger partial charge in [0.1, 0.15) is 0 Å². The molecule has 0 unspecified atom stereocenters. The third-order valence-corrected chi connectivity index (χ3v) is 14.2. The van der Waals surface area contributed by atoms with Crippen LogP contribution in [-0.4, -0.2) is 15.0 Å². The van der Waals surface area contributed by atoms with Gasteiger partial charge in [0.25, 0.3) is 0 Å². The largest absolute Gasteiger partial charge is 0.208 e. The molecular weight excluding hydrogens is 731 g/mol. The van der Waals surface area contributed by atoms with Crippen molar-refractivity contribution in [3.8, 4) is 56.4 Å². The third-order valence-electron chi connectivity index (χ3n) is 11.6. The van der Waals surface area contributed by atoms with Gasteiger partial charge in [-0.3, -0.25) is 0 Å². The van der Waals surface area contributed by atoms with E-state index in [2.05, 4.69) is 164 Å². The van der Waals surface area contributed by atoms with Crippen molar-refractivity contribution in [1.29, 1.82) is 0 Å². The molecule has 0 fully saturated rings. The van der Waals surface area contributed by atoms with Gasteiger partial charge >= 0.3 is 0 Å². The van der Waals surface area contributed by atoms with Crippen LogP contribution < -0.4 is 0 Å². The molecule has 8 aromatic carbocycles. The minimum absolute atomic E-state index is 0.395. The molecule has 0 saturated carbocycles. The zero-order chi connectivity index (χ0) is 37.5. The monoisotopic (exact) mass is 761 g/mol. The summed E-state index contributed by atoms with van der Waals surface area (Å²) < 4.78 is 2.57. The van der Waals surface area contributed by atoms with Crippen LogP contribution in [0.25, 0.3) is 76.6 Å². The molecule has 0 radical (unpaired) electrons. The molecule has 1 aliphatic carbocycles. The first-order valence-corrected chi connectivity index (χ1v) is 20.8. The normalized spacial score (nSPS) is 13.3. The lowest BCUT2D eigenvalue weighted by atomic mass is 9.67. The minimum atomic E-state index is -0.395. The number of fused-ring (bicyclic) bond motifs is 13. The SMILES string of the molecule is c1ccc(-c2ccc(-c3nc(-c4ccccc4)nc(-c4ccc5sc6c7c(ccc6c5c4)C4(c5ccccc5S7)c5ccccc5-c5ccccc54)n3)cc2)cc1. The molecule has 0 N–H and O–H groups in total. The lowest BCUT2D eigenvalue weighted by Gasteiger charge is -2.39. The van der Waals surface area contributed by atoms with Crippen LogP contribution in [0.3, 0.4) is 0 Å². The molecule has 10 aromatic rings.